The van der Waals surface area contributed by atoms with Gasteiger partial charge in [0, 0.05) is 17.4 Å². The molecule has 1 heterocycles. The maximum atomic E-state index is 13.6. The van der Waals surface area contributed by atoms with Crippen molar-refractivity contribution in [1.82, 2.24) is 9.29 Å². The van der Waals surface area contributed by atoms with Crippen LogP contribution < -0.4 is 0 Å². The van der Waals surface area contributed by atoms with E-state index in [1.165, 1.54) is 0 Å². The number of sulfonamides is 1. The number of ether oxygens (including phenoxy) is 1. The van der Waals surface area contributed by atoms with Crippen LogP contribution in [0.4, 0.5) is 4.79 Å². The molecule has 0 aliphatic heterocycles. The summed E-state index contributed by atoms with van der Waals surface area (Å²) in [6.07, 6.45) is 0.891. The Morgan fingerprint density at radius 1 is 0.946 bits per heavy atom. The lowest BCUT2D eigenvalue weighted by molar-refractivity contribution is 0.0282. The smallest absolute Gasteiger partial charge is 0.424 e. The van der Waals surface area contributed by atoms with Gasteiger partial charge in [-0.15, -0.1) is 0 Å². The zero-order chi connectivity index (χ0) is 27.4. The van der Waals surface area contributed by atoms with E-state index < -0.39 is 27.3 Å². The zero-order valence-electron chi connectivity index (χ0n) is 22.8. The van der Waals surface area contributed by atoms with Crippen molar-refractivity contribution >= 4 is 16.1 Å². The molecule has 3 aromatic rings. The lowest BCUT2D eigenvalue weighted by Crippen LogP contribution is -2.51. The molecule has 2 aromatic carbocycles. The summed E-state index contributed by atoms with van der Waals surface area (Å²) in [5.74, 6) is 1.66. The number of benzene rings is 2. The van der Waals surface area contributed by atoms with Crippen molar-refractivity contribution in [3.8, 4) is 11.5 Å². The fourth-order valence-corrected chi connectivity index (χ4v) is 6.57. The number of hydrogen-bond donors (Lipinski definition) is 0. The molecule has 0 unspecified atom stereocenters. The van der Waals surface area contributed by atoms with Gasteiger partial charge in [0.25, 0.3) is 10.0 Å². The maximum absolute atomic E-state index is 13.6. The second-order valence-corrected chi connectivity index (χ2v) is 14.0. The van der Waals surface area contributed by atoms with Crippen LogP contribution in [0.2, 0.25) is 0 Å². The van der Waals surface area contributed by atoms with Gasteiger partial charge in [0.05, 0.1) is 16.6 Å². The van der Waals surface area contributed by atoms with Crippen molar-refractivity contribution in [2.75, 3.05) is 0 Å². The van der Waals surface area contributed by atoms with Gasteiger partial charge in [0.15, 0.2) is 0 Å². The van der Waals surface area contributed by atoms with Crippen molar-refractivity contribution in [2.24, 2.45) is 5.41 Å². The third-order valence-electron chi connectivity index (χ3n) is 6.62. The number of carbonyl (C=O) groups excluding carboxylic acids is 1. The highest BCUT2D eigenvalue weighted by Gasteiger charge is 2.60. The topological polar surface area (TPSA) is 89.7 Å². The van der Waals surface area contributed by atoms with Crippen molar-refractivity contribution in [3.05, 3.63) is 72.1 Å². The fourth-order valence-electron chi connectivity index (χ4n) is 4.92. The standard InChI is InChI=1S/C29H36N2O5S/c1-27(2,3)31(26(32)36-28(4,5)6)37(33,34)21-16-14-19(15-17-21)23-24(29(23,7)8)22-18-30-25(35-22)20-12-10-9-11-13-20/h9-18,23-24H,1-8H3/t23-,24-/m1/s1. The minimum Gasteiger partial charge on any atom is -0.443 e. The number of rotatable bonds is 5. The number of amides is 1. The Morgan fingerprint density at radius 3 is 2.08 bits per heavy atom. The first-order valence-electron chi connectivity index (χ1n) is 12.4. The van der Waals surface area contributed by atoms with Gasteiger partial charge >= 0.3 is 6.09 Å². The van der Waals surface area contributed by atoms with Crippen LogP contribution in [0.25, 0.3) is 11.5 Å². The quantitative estimate of drug-likeness (QED) is 0.358. The number of nitrogens with zero attached hydrogens (tertiary/aromatic N) is 2. The molecule has 0 N–H and O–H groups in total. The van der Waals surface area contributed by atoms with Crippen LogP contribution in [0.15, 0.2) is 70.1 Å². The van der Waals surface area contributed by atoms with E-state index in [2.05, 4.69) is 18.8 Å². The SMILES string of the molecule is CC(C)(C)OC(=O)N(C(C)(C)C)S(=O)(=O)c1ccc([C@@H]2[C@@H](c3cnc(-c4ccccc4)o3)C2(C)C)cc1. The Bertz CT molecular complexity index is 1380. The van der Waals surface area contributed by atoms with E-state index >= 15 is 0 Å². The Kier molecular flexibility index (Phi) is 6.56. The molecule has 1 aliphatic rings. The molecule has 1 aromatic heterocycles. The fraction of sp³-hybridized carbons (Fsp3) is 0.448. The van der Waals surface area contributed by atoms with Crippen LogP contribution in [-0.2, 0) is 14.8 Å². The van der Waals surface area contributed by atoms with Crippen LogP contribution in [0, 0.1) is 5.41 Å². The predicted molar refractivity (Wildman–Crippen MR) is 143 cm³/mol. The monoisotopic (exact) mass is 524 g/mol. The van der Waals surface area contributed by atoms with Crippen molar-refractivity contribution < 1.29 is 22.4 Å². The molecule has 0 radical (unpaired) electrons. The Morgan fingerprint density at radius 2 is 1.54 bits per heavy atom. The number of aromatic nitrogens is 1. The third-order valence-corrected chi connectivity index (χ3v) is 8.67. The van der Waals surface area contributed by atoms with Gasteiger partial charge < -0.3 is 9.15 Å². The second-order valence-electron chi connectivity index (χ2n) is 12.2. The van der Waals surface area contributed by atoms with Crippen LogP contribution >= 0.6 is 0 Å². The summed E-state index contributed by atoms with van der Waals surface area (Å²) in [7, 11) is -4.14. The van der Waals surface area contributed by atoms with E-state index in [-0.39, 0.29) is 22.1 Å². The number of carbonyl (C=O) groups is 1. The molecule has 1 amide bonds. The minimum atomic E-state index is -4.14. The molecule has 0 spiro atoms. The van der Waals surface area contributed by atoms with Gasteiger partial charge in [-0.2, -0.15) is 4.31 Å². The van der Waals surface area contributed by atoms with E-state index in [0.29, 0.717) is 5.89 Å². The molecular formula is C29H36N2O5S. The molecule has 0 saturated heterocycles. The molecule has 0 bridgehead atoms. The molecule has 1 saturated carbocycles. The average molecular weight is 525 g/mol. The van der Waals surface area contributed by atoms with Crippen LogP contribution in [0.5, 0.6) is 0 Å². The van der Waals surface area contributed by atoms with E-state index in [1.807, 2.05) is 42.5 Å². The predicted octanol–water partition coefficient (Wildman–Crippen LogP) is 6.97. The average Bonchev–Trinajstić information content (AvgIpc) is 3.10. The Balaban J connectivity index is 1.59. The first kappa shape index (κ1) is 26.9. The van der Waals surface area contributed by atoms with Crippen molar-refractivity contribution in [3.63, 3.8) is 0 Å². The summed E-state index contributed by atoms with van der Waals surface area (Å²) in [5, 5.41) is 0. The molecule has 37 heavy (non-hydrogen) atoms. The van der Waals surface area contributed by atoms with Crippen LogP contribution in [0.3, 0.4) is 0 Å². The first-order valence-corrected chi connectivity index (χ1v) is 13.9. The number of oxazole rings is 1. The van der Waals surface area contributed by atoms with Gasteiger partial charge in [-0.05, 0) is 76.8 Å². The van der Waals surface area contributed by atoms with Crippen molar-refractivity contribution in [2.45, 2.75) is 83.3 Å². The lowest BCUT2D eigenvalue weighted by atomic mass is 10.0. The lowest BCUT2D eigenvalue weighted by Gasteiger charge is -2.35. The number of hydrogen-bond acceptors (Lipinski definition) is 6. The second kappa shape index (κ2) is 9.01. The molecular weight excluding hydrogens is 488 g/mol. The summed E-state index contributed by atoms with van der Waals surface area (Å²) in [4.78, 5) is 17.4. The summed E-state index contributed by atoms with van der Waals surface area (Å²) in [6, 6.07) is 16.5. The Hall–Kier alpha value is -3.13. The normalized spacial score (nSPS) is 19.4. The minimum absolute atomic E-state index is 0.0399. The first-order chi connectivity index (χ1) is 17.0. The third kappa shape index (κ3) is 5.30. The van der Waals surface area contributed by atoms with Crippen molar-refractivity contribution in [1.29, 1.82) is 0 Å². The van der Waals surface area contributed by atoms with E-state index in [9.17, 15) is 13.2 Å². The highest BCUT2D eigenvalue weighted by Crippen LogP contribution is 2.70. The summed E-state index contributed by atoms with van der Waals surface area (Å²) in [5.41, 5.74) is 0.0135. The summed E-state index contributed by atoms with van der Waals surface area (Å²) < 4.78 is 39.5. The summed E-state index contributed by atoms with van der Waals surface area (Å²) in [6.45, 7) is 14.5. The molecule has 1 fully saturated rings. The van der Waals surface area contributed by atoms with E-state index in [0.717, 1.165) is 21.2 Å². The van der Waals surface area contributed by atoms with Gasteiger partial charge in [-0.1, -0.05) is 44.2 Å². The van der Waals surface area contributed by atoms with E-state index in [1.54, 1.807) is 59.9 Å². The molecule has 7 nitrogen and oxygen atoms in total. The molecule has 2 atom stereocenters. The maximum Gasteiger partial charge on any atom is 0.424 e. The summed E-state index contributed by atoms with van der Waals surface area (Å²) >= 11 is 0. The van der Waals surface area contributed by atoms with Gasteiger partial charge in [-0.3, -0.25) is 0 Å². The van der Waals surface area contributed by atoms with Crippen LogP contribution in [0.1, 0.15) is 78.5 Å². The largest absolute Gasteiger partial charge is 0.443 e. The molecule has 8 heteroatoms. The van der Waals surface area contributed by atoms with Gasteiger partial charge in [-0.25, -0.2) is 18.2 Å². The zero-order valence-corrected chi connectivity index (χ0v) is 23.6. The molecule has 1 aliphatic carbocycles. The van der Waals surface area contributed by atoms with Gasteiger partial charge in [0.2, 0.25) is 5.89 Å². The molecule has 198 valence electrons. The van der Waals surface area contributed by atoms with E-state index in [4.69, 9.17) is 9.15 Å². The van der Waals surface area contributed by atoms with Gasteiger partial charge in [0.1, 0.15) is 11.4 Å². The van der Waals surface area contributed by atoms with Crippen LogP contribution in [-0.4, -0.2) is 34.9 Å². The highest BCUT2D eigenvalue weighted by molar-refractivity contribution is 7.89. The Labute approximate surface area is 219 Å². The molecule has 4 rings (SSSR count). The highest BCUT2D eigenvalue weighted by atomic mass is 32.2.